The molecule has 0 aromatic carbocycles. The van der Waals surface area contributed by atoms with E-state index in [0.29, 0.717) is 0 Å². The molecule has 1 fully saturated rings. The molecular formula is C11H26N2. The van der Waals surface area contributed by atoms with Crippen molar-refractivity contribution in [3.63, 3.8) is 0 Å². The van der Waals surface area contributed by atoms with Crippen LogP contribution in [0.4, 0.5) is 0 Å². The molecule has 0 aliphatic carbocycles. The number of likely N-dealkylation sites (tertiary alicyclic amines) is 1. The van der Waals surface area contributed by atoms with Gasteiger partial charge in [0.15, 0.2) is 0 Å². The van der Waals surface area contributed by atoms with Gasteiger partial charge in [-0.2, -0.15) is 0 Å². The number of hydrogen-bond donors (Lipinski definition) is 1. The lowest BCUT2D eigenvalue weighted by Crippen LogP contribution is -2.30. The van der Waals surface area contributed by atoms with Gasteiger partial charge in [0.2, 0.25) is 0 Å². The Morgan fingerprint density at radius 3 is 2.23 bits per heavy atom. The van der Waals surface area contributed by atoms with Crippen molar-refractivity contribution in [2.24, 2.45) is 0 Å². The molecule has 1 rings (SSSR count). The monoisotopic (exact) mass is 186 g/mol. The SMILES string of the molecule is CCCCCCN1CCCCC1.N. The second kappa shape index (κ2) is 8.52. The Hall–Kier alpha value is -0.0800. The Labute approximate surface area is 83.3 Å². The third-order valence-electron chi connectivity index (χ3n) is 2.78. The van der Waals surface area contributed by atoms with Crippen molar-refractivity contribution in [2.45, 2.75) is 51.9 Å². The van der Waals surface area contributed by atoms with Crippen LogP contribution in [0.15, 0.2) is 0 Å². The lowest BCUT2D eigenvalue weighted by molar-refractivity contribution is 0.224. The van der Waals surface area contributed by atoms with Gasteiger partial charge in [-0.05, 0) is 38.9 Å². The second-order valence-electron chi connectivity index (χ2n) is 3.96. The first-order valence-corrected chi connectivity index (χ1v) is 5.66. The molecule has 80 valence electrons. The highest BCUT2D eigenvalue weighted by Crippen LogP contribution is 2.10. The minimum Gasteiger partial charge on any atom is -0.344 e. The van der Waals surface area contributed by atoms with Gasteiger partial charge in [-0.15, -0.1) is 0 Å². The van der Waals surface area contributed by atoms with E-state index in [9.17, 15) is 0 Å². The number of rotatable bonds is 5. The summed E-state index contributed by atoms with van der Waals surface area (Å²) in [5.74, 6) is 0. The van der Waals surface area contributed by atoms with Crippen molar-refractivity contribution in [3.8, 4) is 0 Å². The second-order valence-corrected chi connectivity index (χ2v) is 3.96. The summed E-state index contributed by atoms with van der Waals surface area (Å²) >= 11 is 0. The molecule has 2 nitrogen and oxygen atoms in total. The number of piperidine rings is 1. The van der Waals surface area contributed by atoms with Crippen molar-refractivity contribution < 1.29 is 0 Å². The minimum absolute atomic E-state index is 0. The van der Waals surface area contributed by atoms with Gasteiger partial charge in [-0.3, -0.25) is 0 Å². The maximum atomic E-state index is 2.64. The van der Waals surface area contributed by atoms with Gasteiger partial charge < -0.3 is 11.1 Å². The average Bonchev–Trinajstić information content (AvgIpc) is 2.14. The third-order valence-corrected chi connectivity index (χ3v) is 2.78. The molecule has 0 aromatic heterocycles. The first kappa shape index (κ1) is 12.9. The van der Waals surface area contributed by atoms with E-state index in [-0.39, 0.29) is 6.15 Å². The van der Waals surface area contributed by atoms with Crippen LogP contribution < -0.4 is 6.15 Å². The molecule has 13 heavy (non-hydrogen) atoms. The van der Waals surface area contributed by atoms with Gasteiger partial charge in [0.1, 0.15) is 0 Å². The highest BCUT2D eigenvalue weighted by molar-refractivity contribution is 4.63. The fraction of sp³-hybridized carbons (Fsp3) is 1.00. The van der Waals surface area contributed by atoms with Crippen LogP contribution in [0.25, 0.3) is 0 Å². The lowest BCUT2D eigenvalue weighted by atomic mass is 10.1. The van der Waals surface area contributed by atoms with Gasteiger partial charge in [0, 0.05) is 0 Å². The Morgan fingerprint density at radius 1 is 0.923 bits per heavy atom. The third kappa shape index (κ3) is 6.05. The summed E-state index contributed by atoms with van der Waals surface area (Å²) in [6.45, 7) is 6.37. The molecule has 0 saturated carbocycles. The summed E-state index contributed by atoms with van der Waals surface area (Å²) in [7, 11) is 0. The normalized spacial score (nSPS) is 18.2. The standard InChI is InChI=1S/C11H23N.H3N/c1-2-3-4-6-9-12-10-7-5-8-11-12;/h2-11H2,1H3;1H3. The largest absolute Gasteiger partial charge is 0.344 e. The maximum absolute atomic E-state index is 2.64. The topological polar surface area (TPSA) is 38.2 Å². The summed E-state index contributed by atoms with van der Waals surface area (Å²) in [5.41, 5.74) is 0. The maximum Gasteiger partial charge on any atom is -0.00187 e. The molecular weight excluding hydrogens is 160 g/mol. The molecule has 1 aliphatic heterocycles. The molecule has 2 heteroatoms. The van der Waals surface area contributed by atoms with Crippen molar-refractivity contribution in [1.29, 1.82) is 0 Å². The van der Waals surface area contributed by atoms with E-state index >= 15 is 0 Å². The van der Waals surface area contributed by atoms with Gasteiger partial charge >= 0.3 is 0 Å². The van der Waals surface area contributed by atoms with Crippen molar-refractivity contribution >= 4 is 0 Å². The molecule has 1 heterocycles. The van der Waals surface area contributed by atoms with Crippen LogP contribution in [-0.2, 0) is 0 Å². The van der Waals surface area contributed by atoms with E-state index < -0.39 is 0 Å². The molecule has 1 aliphatic rings. The summed E-state index contributed by atoms with van der Waals surface area (Å²) in [6.07, 6.45) is 9.99. The zero-order valence-electron chi connectivity index (χ0n) is 9.23. The summed E-state index contributed by atoms with van der Waals surface area (Å²) in [6, 6.07) is 0. The van der Waals surface area contributed by atoms with Crippen LogP contribution in [0.1, 0.15) is 51.9 Å². The predicted molar refractivity (Wildman–Crippen MR) is 59.5 cm³/mol. The van der Waals surface area contributed by atoms with E-state index in [1.54, 1.807) is 0 Å². The molecule has 0 atom stereocenters. The van der Waals surface area contributed by atoms with Crippen molar-refractivity contribution in [1.82, 2.24) is 11.1 Å². The van der Waals surface area contributed by atoms with Gasteiger partial charge in [0.05, 0.1) is 0 Å². The first-order chi connectivity index (χ1) is 5.93. The summed E-state index contributed by atoms with van der Waals surface area (Å²) < 4.78 is 0. The molecule has 0 unspecified atom stereocenters. The van der Waals surface area contributed by atoms with Crippen LogP contribution in [-0.4, -0.2) is 24.5 Å². The highest BCUT2D eigenvalue weighted by atomic mass is 15.1. The minimum atomic E-state index is 0. The summed E-state index contributed by atoms with van der Waals surface area (Å²) in [4.78, 5) is 2.64. The molecule has 0 spiro atoms. The zero-order valence-corrected chi connectivity index (χ0v) is 9.23. The van der Waals surface area contributed by atoms with Gasteiger partial charge in [-0.25, -0.2) is 0 Å². The molecule has 1 saturated heterocycles. The van der Waals surface area contributed by atoms with Crippen LogP contribution in [0, 0.1) is 0 Å². The zero-order chi connectivity index (χ0) is 8.65. The van der Waals surface area contributed by atoms with Crippen molar-refractivity contribution in [2.75, 3.05) is 19.6 Å². The summed E-state index contributed by atoms with van der Waals surface area (Å²) in [5, 5.41) is 0. The van der Waals surface area contributed by atoms with E-state index in [2.05, 4.69) is 11.8 Å². The Morgan fingerprint density at radius 2 is 1.62 bits per heavy atom. The Kier molecular flexibility index (Phi) is 8.46. The van der Waals surface area contributed by atoms with E-state index in [1.807, 2.05) is 0 Å². The molecule has 0 radical (unpaired) electrons. The first-order valence-electron chi connectivity index (χ1n) is 5.66. The van der Waals surface area contributed by atoms with Crippen LogP contribution in [0.2, 0.25) is 0 Å². The molecule has 3 N–H and O–H groups in total. The highest BCUT2D eigenvalue weighted by Gasteiger charge is 2.08. The van der Waals surface area contributed by atoms with E-state index in [4.69, 9.17) is 0 Å². The van der Waals surface area contributed by atoms with E-state index in [1.165, 1.54) is 64.6 Å². The quantitative estimate of drug-likeness (QED) is 0.669. The van der Waals surface area contributed by atoms with Crippen LogP contribution in [0.3, 0.4) is 0 Å². The fourth-order valence-electron chi connectivity index (χ4n) is 1.95. The van der Waals surface area contributed by atoms with Crippen LogP contribution >= 0.6 is 0 Å². The van der Waals surface area contributed by atoms with E-state index in [0.717, 1.165) is 0 Å². The average molecular weight is 186 g/mol. The predicted octanol–water partition coefficient (Wildman–Crippen LogP) is 3.21. The lowest BCUT2D eigenvalue weighted by Gasteiger charge is -2.26. The molecule has 0 bridgehead atoms. The van der Waals surface area contributed by atoms with Crippen LogP contribution in [0.5, 0.6) is 0 Å². The number of nitrogens with zero attached hydrogens (tertiary/aromatic N) is 1. The van der Waals surface area contributed by atoms with Crippen molar-refractivity contribution in [3.05, 3.63) is 0 Å². The van der Waals surface area contributed by atoms with Gasteiger partial charge in [0.25, 0.3) is 0 Å². The Bertz CT molecular complexity index is 98.3. The fourth-order valence-corrected chi connectivity index (χ4v) is 1.95. The smallest absolute Gasteiger partial charge is 0.00187 e. The number of unbranched alkanes of at least 4 members (excludes halogenated alkanes) is 3. The Balaban J connectivity index is 0.00000144. The molecule has 0 amide bonds. The molecule has 0 aromatic rings. The number of hydrogen-bond acceptors (Lipinski definition) is 2. The van der Waals surface area contributed by atoms with Gasteiger partial charge in [-0.1, -0.05) is 32.6 Å².